The molecule has 0 saturated carbocycles. The first kappa shape index (κ1) is 10.6. The van der Waals surface area contributed by atoms with E-state index in [1.165, 1.54) is 5.56 Å². The Morgan fingerprint density at radius 2 is 2.00 bits per heavy atom. The van der Waals surface area contributed by atoms with Gasteiger partial charge < -0.3 is 10.8 Å². The number of pyridine rings is 1. The Labute approximate surface area is 99.9 Å². The molecule has 3 N–H and O–H groups in total. The van der Waals surface area contributed by atoms with E-state index in [0.717, 1.165) is 54.7 Å². The van der Waals surface area contributed by atoms with Crippen molar-refractivity contribution in [2.24, 2.45) is 0 Å². The summed E-state index contributed by atoms with van der Waals surface area (Å²) < 4.78 is 0. The van der Waals surface area contributed by atoms with Crippen LogP contribution in [-0.4, -0.2) is 16.1 Å². The zero-order chi connectivity index (χ0) is 12.0. The number of nitrogens with two attached hydrogens (primary N) is 1. The summed E-state index contributed by atoms with van der Waals surface area (Å²) in [4.78, 5) is 15.8. The van der Waals surface area contributed by atoms with Gasteiger partial charge in [-0.3, -0.25) is 9.78 Å². The molecule has 1 atom stereocenters. The Balaban J connectivity index is 2.18. The maximum absolute atomic E-state index is 11.2. The molecule has 0 fully saturated rings. The van der Waals surface area contributed by atoms with Crippen LogP contribution in [-0.2, 0) is 24.1 Å². The largest absolute Gasteiger partial charge is 0.481 e. The highest BCUT2D eigenvalue weighted by Crippen LogP contribution is 2.38. The molecule has 17 heavy (non-hydrogen) atoms. The van der Waals surface area contributed by atoms with Crippen LogP contribution >= 0.6 is 0 Å². The number of carboxylic acid groups (broad SMARTS) is 1. The summed E-state index contributed by atoms with van der Waals surface area (Å²) in [5.41, 5.74) is 11.0. The number of hydrogen-bond acceptors (Lipinski definition) is 3. The predicted molar refractivity (Wildman–Crippen MR) is 64.0 cm³/mol. The number of fused-ring (bicyclic) bond motifs is 2. The van der Waals surface area contributed by atoms with E-state index in [4.69, 9.17) is 5.73 Å². The van der Waals surface area contributed by atoms with Gasteiger partial charge >= 0.3 is 5.97 Å². The monoisotopic (exact) mass is 232 g/mol. The van der Waals surface area contributed by atoms with Crippen molar-refractivity contribution in [3.05, 3.63) is 22.5 Å². The first-order chi connectivity index (χ1) is 8.18. The van der Waals surface area contributed by atoms with E-state index in [-0.39, 0.29) is 0 Å². The van der Waals surface area contributed by atoms with Crippen LogP contribution in [0.15, 0.2) is 0 Å². The lowest BCUT2D eigenvalue weighted by atomic mass is 9.84. The summed E-state index contributed by atoms with van der Waals surface area (Å²) >= 11 is 0. The molecule has 0 bridgehead atoms. The molecule has 2 aliphatic rings. The van der Waals surface area contributed by atoms with Crippen molar-refractivity contribution >= 4 is 11.7 Å². The van der Waals surface area contributed by atoms with Gasteiger partial charge in [-0.15, -0.1) is 0 Å². The summed E-state index contributed by atoms with van der Waals surface area (Å²) in [6.45, 7) is 0. The lowest BCUT2D eigenvalue weighted by Gasteiger charge is -2.24. The van der Waals surface area contributed by atoms with Gasteiger partial charge in [0.2, 0.25) is 0 Å². The Kier molecular flexibility index (Phi) is 2.31. The van der Waals surface area contributed by atoms with Crippen molar-refractivity contribution in [2.75, 3.05) is 5.73 Å². The number of anilines is 1. The second-order valence-electron chi connectivity index (χ2n) is 4.95. The zero-order valence-electron chi connectivity index (χ0n) is 9.70. The van der Waals surface area contributed by atoms with E-state index in [2.05, 4.69) is 4.98 Å². The SMILES string of the molecule is Nc1c2c(nc3c1CCCC3C(=O)O)CCC2. The molecule has 4 nitrogen and oxygen atoms in total. The van der Waals surface area contributed by atoms with E-state index >= 15 is 0 Å². The van der Waals surface area contributed by atoms with Crippen LogP contribution in [0.5, 0.6) is 0 Å². The Hall–Kier alpha value is -1.58. The molecular weight excluding hydrogens is 216 g/mol. The van der Waals surface area contributed by atoms with Gasteiger partial charge in [-0.25, -0.2) is 0 Å². The van der Waals surface area contributed by atoms with Gasteiger partial charge in [-0.2, -0.15) is 0 Å². The van der Waals surface area contributed by atoms with Crippen LogP contribution in [0.4, 0.5) is 5.69 Å². The van der Waals surface area contributed by atoms with Gasteiger partial charge in [0.1, 0.15) is 0 Å². The zero-order valence-corrected chi connectivity index (χ0v) is 9.70. The summed E-state index contributed by atoms with van der Waals surface area (Å²) in [6.07, 6.45) is 5.50. The van der Waals surface area contributed by atoms with Crippen molar-refractivity contribution in [2.45, 2.75) is 44.4 Å². The molecule has 1 heterocycles. The lowest BCUT2D eigenvalue weighted by molar-refractivity contribution is -0.139. The van der Waals surface area contributed by atoms with Gasteiger partial charge in [0.25, 0.3) is 0 Å². The Morgan fingerprint density at radius 1 is 1.24 bits per heavy atom. The maximum atomic E-state index is 11.2. The quantitative estimate of drug-likeness (QED) is 0.772. The highest BCUT2D eigenvalue weighted by molar-refractivity contribution is 5.78. The molecule has 1 aromatic rings. The van der Waals surface area contributed by atoms with Crippen LogP contribution in [0.3, 0.4) is 0 Å². The predicted octanol–water partition coefficient (Wildman–Crippen LogP) is 1.66. The average Bonchev–Trinajstić information content (AvgIpc) is 2.77. The molecule has 1 aromatic heterocycles. The van der Waals surface area contributed by atoms with E-state index in [1.807, 2.05) is 0 Å². The van der Waals surface area contributed by atoms with Gasteiger partial charge in [-0.1, -0.05) is 0 Å². The Bertz CT molecular complexity index is 497. The minimum absolute atomic E-state index is 0.452. The molecule has 0 saturated heterocycles. The molecule has 90 valence electrons. The molecule has 0 radical (unpaired) electrons. The van der Waals surface area contributed by atoms with Crippen LogP contribution in [0.2, 0.25) is 0 Å². The molecule has 3 rings (SSSR count). The third-order valence-electron chi connectivity index (χ3n) is 3.95. The van der Waals surface area contributed by atoms with E-state index in [0.29, 0.717) is 6.42 Å². The summed E-state index contributed by atoms with van der Waals surface area (Å²) in [7, 11) is 0. The molecule has 2 aliphatic carbocycles. The van der Waals surface area contributed by atoms with Crippen molar-refractivity contribution in [3.8, 4) is 0 Å². The highest BCUT2D eigenvalue weighted by Gasteiger charge is 2.31. The number of carbonyl (C=O) groups is 1. The molecule has 1 unspecified atom stereocenters. The fourth-order valence-corrected chi connectivity index (χ4v) is 3.09. The third-order valence-corrected chi connectivity index (χ3v) is 3.95. The number of aromatic nitrogens is 1. The second kappa shape index (κ2) is 3.72. The highest BCUT2D eigenvalue weighted by atomic mass is 16.4. The fraction of sp³-hybridized carbons (Fsp3) is 0.538. The van der Waals surface area contributed by atoms with Gasteiger partial charge in [0.15, 0.2) is 0 Å². The van der Waals surface area contributed by atoms with Gasteiger partial charge in [0, 0.05) is 11.4 Å². The topological polar surface area (TPSA) is 76.2 Å². The molecule has 0 spiro atoms. The van der Waals surface area contributed by atoms with Crippen molar-refractivity contribution in [1.82, 2.24) is 4.98 Å². The molecule has 0 aromatic carbocycles. The fourth-order valence-electron chi connectivity index (χ4n) is 3.09. The summed E-state index contributed by atoms with van der Waals surface area (Å²) in [5, 5.41) is 9.24. The number of nitrogen functional groups attached to an aromatic ring is 1. The molecule has 0 amide bonds. The second-order valence-corrected chi connectivity index (χ2v) is 4.95. The van der Waals surface area contributed by atoms with Crippen LogP contribution in [0, 0.1) is 0 Å². The summed E-state index contributed by atoms with van der Waals surface area (Å²) in [6, 6.07) is 0. The average molecular weight is 232 g/mol. The van der Waals surface area contributed by atoms with Gasteiger partial charge in [-0.05, 0) is 49.7 Å². The van der Waals surface area contributed by atoms with Crippen LogP contribution in [0.1, 0.15) is 47.7 Å². The molecule has 0 aliphatic heterocycles. The Morgan fingerprint density at radius 3 is 2.76 bits per heavy atom. The maximum Gasteiger partial charge on any atom is 0.312 e. The molecule has 4 heteroatoms. The first-order valence-electron chi connectivity index (χ1n) is 6.21. The van der Waals surface area contributed by atoms with Crippen molar-refractivity contribution < 1.29 is 9.90 Å². The number of hydrogen-bond donors (Lipinski definition) is 2. The van der Waals surface area contributed by atoms with E-state index in [1.54, 1.807) is 0 Å². The van der Waals surface area contributed by atoms with Crippen LogP contribution < -0.4 is 5.73 Å². The van der Waals surface area contributed by atoms with Crippen molar-refractivity contribution in [1.29, 1.82) is 0 Å². The standard InChI is InChI=1S/C13H16N2O2/c14-11-7-3-2-6-10(7)15-12-8(11)4-1-5-9(12)13(16)17/h9H,1-6H2,(H2,14,15)(H,16,17). The minimum atomic E-state index is -0.768. The van der Waals surface area contributed by atoms with Gasteiger partial charge in [0.05, 0.1) is 11.6 Å². The van der Waals surface area contributed by atoms with Crippen LogP contribution in [0.25, 0.3) is 0 Å². The normalized spacial score (nSPS) is 22.0. The first-order valence-corrected chi connectivity index (χ1v) is 6.21. The lowest BCUT2D eigenvalue weighted by Crippen LogP contribution is -2.22. The van der Waals surface area contributed by atoms with E-state index in [9.17, 15) is 9.90 Å². The minimum Gasteiger partial charge on any atom is -0.481 e. The number of rotatable bonds is 1. The number of aryl methyl sites for hydroxylation is 1. The van der Waals surface area contributed by atoms with Crippen molar-refractivity contribution in [3.63, 3.8) is 0 Å². The smallest absolute Gasteiger partial charge is 0.312 e. The third kappa shape index (κ3) is 1.51. The summed E-state index contributed by atoms with van der Waals surface area (Å²) in [5.74, 6) is -1.22. The van der Waals surface area contributed by atoms with E-state index < -0.39 is 11.9 Å². The number of nitrogens with zero attached hydrogens (tertiary/aromatic N) is 1. The molecular formula is C13H16N2O2. The number of aliphatic carboxylic acids is 1. The number of carboxylic acids is 1.